The Hall–Kier alpha value is -1.88. The second-order valence-electron chi connectivity index (χ2n) is 5.51. The molecule has 2 unspecified atom stereocenters. The first-order valence-corrected chi connectivity index (χ1v) is 7.70. The van der Waals surface area contributed by atoms with Crippen molar-refractivity contribution in [2.24, 2.45) is 0 Å². The van der Waals surface area contributed by atoms with E-state index in [4.69, 9.17) is 4.74 Å². The number of rotatable bonds is 5. The summed E-state index contributed by atoms with van der Waals surface area (Å²) < 4.78 is 7.62. The summed E-state index contributed by atoms with van der Waals surface area (Å²) in [6, 6.07) is 8.68. The van der Waals surface area contributed by atoms with Gasteiger partial charge in [0.1, 0.15) is 0 Å². The monoisotopic (exact) mass is 286 g/mol. The normalized spacial score (nSPS) is 22.1. The van der Waals surface area contributed by atoms with E-state index in [-0.39, 0.29) is 0 Å². The van der Waals surface area contributed by atoms with Gasteiger partial charge in [0.05, 0.1) is 29.9 Å². The Kier molecular flexibility index (Phi) is 4.50. The van der Waals surface area contributed by atoms with Crippen LogP contribution in [-0.4, -0.2) is 33.7 Å². The van der Waals surface area contributed by atoms with Gasteiger partial charge in [0.15, 0.2) is 0 Å². The molecular weight excluding hydrogens is 264 g/mol. The van der Waals surface area contributed by atoms with Crippen LogP contribution in [0.5, 0.6) is 0 Å². The quantitative estimate of drug-likeness (QED) is 0.918. The lowest BCUT2D eigenvalue weighted by molar-refractivity contribution is 0.00597. The predicted molar refractivity (Wildman–Crippen MR) is 82.7 cm³/mol. The zero-order valence-electron chi connectivity index (χ0n) is 12.4. The number of para-hydroxylation sites is 2. The number of nitrogens with one attached hydrogen (secondary N) is 1. The Morgan fingerprint density at radius 3 is 3.10 bits per heavy atom. The van der Waals surface area contributed by atoms with Crippen molar-refractivity contribution in [1.82, 2.24) is 15.0 Å². The smallest absolute Gasteiger partial charge is 0.0894 e. The zero-order valence-corrected chi connectivity index (χ0v) is 12.4. The van der Waals surface area contributed by atoms with Gasteiger partial charge in [-0.1, -0.05) is 30.7 Å². The summed E-state index contributed by atoms with van der Waals surface area (Å²) in [5.74, 6) is 0. The van der Waals surface area contributed by atoms with Crippen molar-refractivity contribution < 1.29 is 4.74 Å². The van der Waals surface area contributed by atoms with E-state index >= 15 is 0 Å². The second kappa shape index (κ2) is 6.72. The van der Waals surface area contributed by atoms with Crippen molar-refractivity contribution in [2.75, 3.05) is 11.9 Å². The van der Waals surface area contributed by atoms with Crippen LogP contribution in [0.3, 0.4) is 0 Å². The molecule has 1 aromatic heterocycles. The first-order valence-electron chi connectivity index (χ1n) is 7.70. The van der Waals surface area contributed by atoms with Gasteiger partial charge in [0, 0.05) is 12.6 Å². The Morgan fingerprint density at radius 1 is 1.38 bits per heavy atom. The largest absolute Gasteiger partial charge is 0.380 e. The molecule has 2 atom stereocenters. The molecule has 1 aromatic carbocycles. The van der Waals surface area contributed by atoms with Gasteiger partial charge >= 0.3 is 0 Å². The molecule has 0 aliphatic carbocycles. The van der Waals surface area contributed by atoms with Crippen molar-refractivity contribution in [1.29, 1.82) is 0 Å². The molecule has 0 bridgehead atoms. The third-order valence-corrected chi connectivity index (χ3v) is 3.91. The van der Waals surface area contributed by atoms with Crippen LogP contribution in [0.1, 0.15) is 32.6 Å². The molecule has 1 fully saturated rings. The Balaban J connectivity index is 1.73. The maximum absolute atomic E-state index is 5.82. The van der Waals surface area contributed by atoms with Crippen LogP contribution in [0.4, 0.5) is 5.69 Å². The van der Waals surface area contributed by atoms with Gasteiger partial charge in [-0.3, -0.25) is 0 Å². The highest BCUT2D eigenvalue weighted by Gasteiger charge is 2.22. The number of anilines is 1. The van der Waals surface area contributed by atoms with E-state index in [2.05, 4.69) is 34.7 Å². The van der Waals surface area contributed by atoms with E-state index in [1.165, 1.54) is 6.42 Å². The number of nitrogens with zero attached hydrogens (tertiary/aromatic N) is 3. The van der Waals surface area contributed by atoms with E-state index in [1.807, 2.05) is 18.3 Å². The van der Waals surface area contributed by atoms with Gasteiger partial charge in [0.25, 0.3) is 0 Å². The fourth-order valence-corrected chi connectivity index (χ4v) is 2.89. The first-order chi connectivity index (χ1) is 10.4. The molecule has 1 saturated heterocycles. The molecule has 112 valence electrons. The van der Waals surface area contributed by atoms with Crippen molar-refractivity contribution in [2.45, 2.75) is 44.8 Å². The molecule has 0 spiro atoms. The summed E-state index contributed by atoms with van der Waals surface area (Å²) in [6.07, 6.45) is 8.38. The fraction of sp³-hybridized carbons (Fsp3) is 0.500. The topological polar surface area (TPSA) is 52.0 Å². The number of aromatic nitrogens is 3. The summed E-state index contributed by atoms with van der Waals surface area (Å²) in [7, 11) is 0. The van der Waals surface area contributed by atoms with Crippen molar-refractivity contribution >= 4 is 5.69 Å². The van der Waals surface area contributed by atoms with Crippen LogP contribution in [0.25, 0.3) is 5.69 Å². The maximum atomic E-state index is 5.82. The van der Waals surface area contributed by atoms with Crippen LogP contribution in [-0.2, 0) is 4.74 Å². The van der Waals surface area contributed by atoms with Gasteiger partial charge in [0.2, 0.25) is 0 Å². The molecule has 3 rings (SSSR count). The van der Waals surface area contributed by atoms with Crippen molar-refractivity contribution in [3.63, 3.8) is 0 Å². The Bertz CT molecular complexity index is 553. The van der Waals surface area contributed by atoms with Crippen molar-refractivity contribution in [3.05, 3.63) is 36.7 Å². The van der Waals surface area contributed by atoms with Crippen LogP contribution in [0.15, 0.2) is 36.7 Å². The zero-order chi connectivity index (χ0) is 14.5. The van der Waals surface area contributed by atoms with Crippen LogP contribution >= 0.6 is 0 Å². The minimum absolute atomic E-state index is 0.389. The number of hydrogen-bond donors (Lipinski definition) is 1. The highest BCUT2D eigenvalue weighted by atomic mass is 16.5. The Labute approximate surface area is 125 Å². The summed E-state index contributed by atoms with van der Waals surface area (Å²) >= 11 is 0. The second-order valence-corrected chi connectivity index (χ2v) is 5.51. The molecule has 5 heteroatoms. The molecule has 0 radical (unpaired) electrons. The van der Waals surface area contributed by atoms with Gasteiger partial charge in [-0.25, -0.2) is 4.68 Å². The third kappa shape index (κ3) is 3.42. The van der Waals surface area contributed by atoms with E-state index in [1.54, 1.807) is 10.9 Å². The van der Waals surface area contributed by atoms with Gasteiger partial charge in [-0.2, -0.15) is 0 Å². The molecule has 1 aliphatic heterocycles. The van der Waals surface area contributed by atoms with Crippen LogP contribution < -0.4 is 5.32 Å². The molecular formula is C16H22N4O. The molecule has 2 heterocycles. The highest BCUT2D eigenvalue weighted by Crippen LogP contribution is 2.25. The van der Waals surface area contributed by atoms with Crippen LogP contribution in [0, 0.1) is 0 Å². The lowest BCUT2D eigenvalue weighted by Crippen LogP contribution is -2.34. The number of benzene rings is 1. The Morgan fingerprint density at radius 2 is 2.29 bits per heavy atom. The standard InChI is InChI=1S/C16H22N4O/c1-2-5-14-12-13(8-11-21-14)18-15-6-3-4-7-16(15)20-10-9-17-19-20/h3-4,6-7,9-10,13-14,18H,2,5,8,11-12H2,1H3. The lowest BCUT2D eigenvalue weighted by Gasteiger charge is -2.31. The predicted octanol–water partition coefficient (Wildman–Crippen LogP) is 3.03. The maximum Gasteiger partial charge on any atom is 0.0894 e. The lowest BCUT2D eigenvalue weighted by atomic mass is 9.99. The molecule has 0 saturated carbocycles. The minimum atomic E-state index is 0.389. The van der Waals surface area contributed by atoms with Crippen molar-refractivity contribution in [3.8, 4) is 5.69 Å². The number of hydrogen-bond acceptors (Lipinski definition) is 4. The average Bonchev–Trinajstić information content (AvgIpc) is 3.03. The molecule has 5 nitrogen and oxygen atoms in total. The fourth-order valence-electron chi connectivity index (χ4n) is 2.89. The molecule has 1 aliphatic rings. The van der Waals surface area contributed by atoms with E-state index in [9.17, 15) is 0 Å². The van der Waals surface area contributed by atoms with Gasteiger partial charge in [-0.15, -0.1) is 5.10 Å². The van der Waals surface area contributed by atoms with E-state index in [0.29, 0.717) is 12.1 Å². The minimum Gasteiger partial charge on any atom is -0.380 e. The van der Waals surface area contributed by atoms with Crippen LogP contribution in [0.2, 0.25) is 0 Å². The van der Waals surface area contributed by atoms with Gasteiger partial charge in [-0.05, 0) is 31.4 Å². The summed E-state index contributed by atoms with van der Waals surface area (Å²) in [6.45, 7) is 3.05. The molecule has 0 amide bonds. The summed E-state index contributed by atoms with van der Waals surface area (Å²) in [5.41, 5.74) is 2.14. The van der Waals surface area contributed by atoms with Gasteiger partial charge < -0.3 is 10.1 Å². The average molecular weight is 286 g/mol. The highest BCUT2D eigenvalue weighted by molar-refractivity contribution is 5.61. The van der Waals surface area contributed by atoms with E-state index < -0.39 is 0 Å². The first kappa shape index (κ1) is 14.1. The summed E-state index contributed by atoms with van der Waals surface area (Å²) in [4.78, 5) is 0. The molecule has 2 aromatic rings. The molecule has 1 N–H and O–H groups in total. The molecule has 21 heavy (non-hydrogen) atoms. The third-order valence-electron chi connectivity index (χ3n) is 3.91. The summed E-state index contributed by atoms with van der Waals surface area (Å²) in [5, 5.41) is 11.6. The number of ether oxygens (including phenoxy) is 1. The SMILES string of the molecule is CCCC1CC(Nc2ccccc2-n2ccnn2)CCO1. The van der Waals surface area contributed by atoms with E-state index in [0.717, 1.165) is 37.2 Å².